The van der Waals surface area contributed by atoms with Gasteiger partial charge in [-0.2, -0.15) is 0 Å². The molecule has 1 N–H and O–H groups in total. The molecule has 112 valence electrons. The van der Waals surface area contributed by atoms with Crippen molar-refractivity contribution in [3.8, 4) is 5.75 Å². The first-order valence-corrected chi connectivity index (χ1v) is 7.44. The van der Waals surface area contributed by atoms with Gasteiger partial charge in [-0.25, -0.2) is 4.98 Å². The highest BCUT2D eigenvalue weighted by atomic mass is 32.1. The summed E-state index contributed by atoms with van der Waals surface area (Å²) in [5.41, 5.74) is 1.85. The number of carbonyl (C=O) groups is 1. The van der Waals surface area contributed by atoms with Crippen molar-refractivity contribution in [2.45, 2.75) is 26.6 Å². The first-order valence-electron chi connectivity index (χ1n) is 6.56. The zero-order valence-corrected chi connectivity index (χ0v) is 13.1. The van der Waals surface area contributed by atoms with Crippen molar-refractivity contribution in [3.63, 3.8) is 0 Å². The molecule has 21 heavy (non-hydrogen) atoms. The van der Waals surface area contributed by atoms with E-state index in [2.05, 4.69) is 10.3 Å². The topological polar surface area (TPSA) is 60.5 Å². The number of nitrogens with zero attached hydrogens (tertiary/aromatic N) is 1. The number of ether oxygens (including phenoxy) is 2. The average molecular weight is 306 g/mol. The molecule has 6 heteroatoms. The minimum atomic E-state index is -0.555. The number of anilines is 1. The molecule has 0 aliphatic heterocycles. The van der Waals surface area contributed by atoms with E-state index in [1.165, 1.54) is 11.3 Å². The maximum Gasteiger partial charge on any atom is 0.255 e. The molecule has 0 saturated carbocycles. The lowest BCUT2D eigenvalue weighted by Crippen LogP contribution is -2.27. The van der Waals surface area contributed by atoms with E-state index in [-0.39, 0.29) is 5.91 Å². The van der Waals surface area contributed by atoms with Gasteiger partial charge in [-0.15, -0.1) is 11.3 Å². The maximum absolute atomic E-state index is 12.0. The van der Waals surface area contributed by atoms with Crippen LogP contribution in [0.4, 0.5) is 5.13 Å². The van der Waals surface area contributed by atoms with Crippen LogP contribution in [0.15, 0.2) is 29.6 Å². The quantitative estimate of drug-likeness (QED) is 0.891. The van der Waals surface area contributed by atoms with Crippen molar-refractivity contribution < 1.29 is 14.3 Å². The van der Waals surface area contributed by atoms with Crippen molar-refractivity contribution >= 4 is 22.4 Å². The number of nitrogens with one attached hydrogen (secondary N) is 1. The van der Waals surface area contributed by atoms with Crippen LogP contribution in [0.2, 0.25) is 0 Å². The lowest BCUT2D eigenvalue weighted by atomic mass is 10.2. The van der Waals surface area contributed by atoms with Crippen LogP contribution in [0.1, 0.15) is 18.2 Å². The van der Waals surface area contributed by atoms with Crippen LogP contribution in [-0.2, 0) is 16.1 Å². The van der Waals surface area contributed by atoms with E-state index in [0.717, 1.165) is 17.0 Å². The zero-order chi connectivity index (χ0) is 15.2. The molecule has 0 fully saturated rings. The molecule has 1 unspecified atom stereocenters. The normalized spacial score (nSPS) is 12.0. The molecule has 0 aliphatic rings. The molecule has 1 aromatic carbocycles. The smallest absolute Gasteiger partial charge is 0.255 e. The van der Waals surface area contributed by atoms with Gasteiger partial charge < -0.3 is 9.47 Å². The molecule has 1 amide bonds. The number of hydrogen-bond acceptors (Lipinski definition) is 5. The molecule has 0 aliphatic carbocycles. The standard InChI is InChI=1S/C15H18N2O3S/c1-10-9-21-15(16-10)17-14(18)11(2)20-8-12-5-4-6-13(7-12)19-3/h4-7,9,11H,8H2,1-3H3,(H,16,17,18). The average Bonchev–Trinajstić information content (AvgIpc) is 2.90. The predicted molar refractivity (Wildman–Crippen MR) is 82.7 cm³/mol. The third-order valence-corrected chi connectivity index (χ3v) is 3.73. The molecule has 0 radical (unpaired) electrons. The van der Waals surface area contributed by atoms with Crippen LogP contribution in [0.3, 0.4) is 0 Å². The first-order chi connectivity index (χ1) is 10.1. The molecular formula is C15H18N2O3S. The second kappa shape index (κ2) is 7.19. The summed E-state index contributed by atoms with van der Waals surface area (Å²) >= 11 is 1.40. The predicted octanol–water partition coefficient (Wildman–Crippen LogP) is 3.00. The Morgan fingerprint density at radius 3 is 2.95 bits per heavy atom. The van der Waals surface area contributed by atoms with Gasteiger partial charge in [0, 0.05) is 5.38 Å². The number of methoxy groups -OCH3 is 1. The zero-order valence-electron chi connectivity index (χ0n) is 12.3. The molecule has 1 heterocycles. The highest BCUT2D eigenvalue weighted by Crippen LogP contribution is 2.16. The number of amides is 1. The SMILES string of the molecule is COc1cccc(COC(C)C(=O)Nc2nc(C)cs2)c1. The van der Waals surface area contributed by atoms with E-state index in [4.69, 9.17) is 9.47 Å². The van der Waals surface area contributed by atoms with Crippen LogP contribution < -0.4 is 10.1 Å². The van der Waals surface area contributed by atoms with Gasteiger partial charge in [-0.1, -0.05) is 12.1 Å². The summed E-state index contributed by atoms with van der Waals surface area (Å²) in [5.74, 6) is 0.568. The van der Waals surface area contributed by atoms with Crippen molar-refractivity contribution in [2.24, 2.45) is 0 Å². The Kier molecular flexibility index (Phi) is 5.30. The van der Waals surface area contributed by atoms with E-state index >= 15 is 0 Å². The van der Waals surface area contributed by atoms with Gasteiger partial charge in [-0.05, 0) is 31.5 Å². The van der Waals surface area contributed by atoms with Crippen molar-refractivity contribution in [1.82, 2.24) is 4.98 Å². The summed E-state index contributed by atoms with van der Waals surface area (Å²) in [7, 11) is 1.62. The Morgan fingerprint density at radius 1 is 1.48 bits per heavy atom. The molecule has 0 spiro atoms. The Labute approximate surface area is 127 Å². The molecular weight excluding hydrogens is 288 g/mol. The molecule has 0 saturated heterocycles. The van der Waals surface area contributed by atoms with Crippen LogP contribution in [0, 0.1) is 6.92 Å². The summed E-state index contributed by atoms with van der Waals surface area (Å²) in [5, 5.41) is 5.22. The summed E-state index contributed by atoms with van der Waals surface area (Å²) in [6.45, 7) is 3.95. The van der Waals surface area contributed by atoms with E-state index in [1.54, 1.807) is 14.0 Å². The minimum Gasteiger partial charge on any atom is -0.497 e. The van der Waals surface area contributed by atoms with Gasteiger partial charge in [0.1, 0.15) is 11.9 Å². The van der Waals surface area contributed by atoms with Gasteiger partial charge in [0.05, 0.1) is 19.4 Å². The molecule has 2 aromatic rings. The molecule has 1 atom stereocenters. The highest BCUT2D eigenvalue weighted by molar-refractivity contribution is 7.13. The van der Waals surface area contributed by atoms with Crippen molar-refractivity contribution in [3.05, 3.63) is 40.9 Å². The third kappa shape index (κ3) is 4.54. The first kappa shape index (κ1) is 15.5. The van der Waals surface area contributed by atoms with Crippen molar-refractivity contribution in [1.29, 1.82) is 0 Å². The summed E-state index contributed by atoms with van der Waals surface area (Å²) in [6, 6.07) is 7.57. The summed E-state index contributed by atoms with van der Waals surface area (Å²) in [6.07, 6.45) is -0.555. The van der Waals surface area contributed by atoms with Crippen LogP contribution in [-0.4, -0.2) is 24.1 Å². The fraction of sp³-hybridized carbons (Fsp3) is 0.333. The fourth-order valence-corrected chi connectivity index (χ4v) is 2.37. The molecule has 2 rings (SSSR count). The van der Waals surface area contributed by atoms with Crippen LogP contribution in [0.25, 0.3) is 0 Å². The Hall–Kier alpha value is -1.92. The Bertz CT molecular complexity index is 612. The molecule has 0 bridgehead atoms. The molecule has 5 nitrogen and oxygen atoms in total. The minimum absolute atomic E-state index is 0.202. The largest absolute Gasteiger partial charge is 0.497 e. The Balaban J connectivity index is 1.85. The van der Waals surface area contributed by atoms with Gasteiger partial charge in [0.15, 0.2) is 5.13 Å². The highest BCUT2D eigenvalue weighted by Gasteiger charge is 2.15. The number of carbonyl (C=O) groups excluding carboxylic acids is 1. The van der Waals surface area contributed by atoms with E-state index in [9.17, 15) is 4.79 Å². The fourth-order valence-electron chi connectivity index (χ4n) is 1.68. The van der Waals surface area contributed by atoms with Gasteiger partial charge in [0.2, 0.25) is 0 Å². The lowest BCUT2D eigenvalue weighted by Gasteiger charge is -2.12. The second-order valence-corrected chi connectivity index (χ2v) is 5.45. The monoisotopic (exact) mass is 306 g/mol. The second-order valence-electron chi connectivity index (χ2n) is 4.59. The number of thiazole rings is 1. The van der Waals surface area contributed by atoms with E-state index in [0.29, 0.717) is 11.7 Å². The number of benzene rings is 1. The Morgan fingerprint density at radius 2 is 2.29 bits per heavy atom. The number of aryl methyl sites for hydroxylation is 1. The van der Waals surface area contributed by atoms with Gasteiger partial charge in [0.25, 0.3) is 5.91 Å². The number of rotatable bonds is 6. The number of hydrogen-bond donors (Lipinski definition) is 1. The summed E-state index contributed by atoms with van der Waals surface area (Å²) < 4.78 is 10.7. The van der Waals surface area contributed by atoms with E-state index in [1.807, 2.05) is 36.6 Å². The van der Waals surface area contributed by atoms with Gasteiger partial charge >= 0.3 is 0 Å². The van der Waals surface area contributed by atoms with Crippen molar-refractivity contribution in [2.75, 3.05) is 12.4 Å². The van der Waals surface area contributed by atoms with Crippen LogP contribution >= 0.6 is 11.3 Å². The van der Waals surface area contributed by atoms with Crippen LogP contribution in [0.5, 0.6) is 5.75 Å². The summed E-state index contributed by atoms with van der Waals surface area (Å²) in [4.78, 5) is 16.2. The maximum atomic E-state index is 12.0. The van der Waals surface area contributed by atoms with E-state index < -0.39 is 6.10 Å². The third-order valence-electron chi connectivity index (χ3n) is 2.85. The molecule has 1 aromatic heterocycles. The number of aromatic nitrogens is 1. The lowest BCUT2D eigenvalue weighted by molar-refractivity contribution is -0.127. The van der Waals surface area contributed by atoms with Gasteiger partial charge in [-0.3, -0.25) is 10.1 Å².